The molecule has 0 spiro atoms. The first-order chi connectivity index (χ1) is 14.5. The smallest absolute Gasteiger partial charge is 0.253 e. The van der Waals surface area contributed by atoms with Crippen molar-refractivity contribution in [2.24, 2.45) is 5.92 Å². The van der Waals surface area contributed by atoms with E-state index in [1.54, 1.807) is 7.11 Å². The van der Waals surface area contributed by atoms with Gasteiger partial charge in [-0.15, -0.1) is 0 Å². The number of nitrogens with zero attached hydrogens (tertiary/aromatic N) is 2. The van der Waals surface area contributed by atoms with Gasteiger partial charge in [-0.2, -0.15) is 0 Å². The van der Waals surface area contributed by atoms with E-state index in [0.29, 0.717) is 6.61 Å². The molecule has 6 heteroatoms. The van der Waals surface area contributed by atoms with Gasteiger partial charge in [0.1, 0.15) is 5.75 Å². The first kappa shape index (κ1) is 19.4. The van der Waals surface area contributed by atoms with Gasteiger partial charge in [0.25, 0.3) is 5.91 Å². The van der Waals surface area contributed by atoms with Gasteiger partial charge in [0.2, 0.25) is 0 Å². The maximum atomic E-state index is 13.1. The minimum atomic E-state index is -0.178. The van der Waals surface area contributed by atoms with Crippen molar-refractivity contribution < 1.29 is 14.4 Å². The molecule has 5 rings (SSSR count). The van der Waals surface area contributed by atoms with Crippen LogP contribution >= 0.6 is 0 Å². The molecule has 1 amide bonds. The maximum absolute atomic E-state index is 13.1. The van der Waals surface area contributed by atoms with Gasteiger partial charge < -0.3 is 15.0 Å². The van der Waals surface area contributed by atoms with Crippen molar-refractivity contribution in [1.82, 2.24) is 10.2 Å². The Labute approximate surface area is 177 Å². The molecule has 0 radical (unpaired) electrons. The molecule has 0 aromatic heterocycles. The van der Waals surface area contributed by atoms with Crippen LogP contribution in [0.3, 0.4) is 0 Å². The van der Waals surface area contributed by atoms with E-state index < -0.39 is 0 Å². The second-order valence-electron chi connectivity index (χ2n) is 8.90. The van der Waals surface area contributed by atoms with Crippen LogP contribution in [0.4, 0.5) is 5.69 Å². The predicted molar refractivity (Wildman–Crippen MR) is 116 cm³/mol. The van der Waals surface area contributed by atoms with Gasteiger partial charge in [0.05, 0.1) is 25.4 Å². The highest BCUT2D eigenvalue weighted by Crippen LogP contribution is 2.55. The number of para-hydroxylation sites is 1. The molecule has 0 saturated carbocycles. The van der Waals surface area contributed by atoms with E-state index in [2.05, 4.69) is 37.4 Å². The number of benzene rings is 2. The second-order valence-corrected chi connectivity index (χ2v) is 8.90. The summed E-state index contributed by atoms with van der Waals surface area (Å²) in [4.78, 5) is 21.0. The van der Waals surface area contributed by atoms with Gasteiger partial charge in [-0.1, -0.05) is 32.0 Å². The molecule has 6 nitrogen and oxygen atoms in total. The fourth-order valence-electron chi connectivity index (χ4n) is 5.23. The number of hydrogen-bond donors (Lipinski definition) is 1. The van der Waals surface area contributed by atoms with E-state index in [1.165, 1.54) is 0 Å². The number of carbonyl (C=O) groups is 1. The van der Waals surface area contributed by atoms with E-state index in [1.807, 2.05) is 34.2 Å². The zero-order valence-electron chi connectivity index (χ0n) is 17.9. The van der Waals surface area contributed by atoms with Crippen molar-refractivity contribution in [3.05, 3.63) is 59.2 Å². The average Bonchev–Trinajstić information content (AvgIpc) is 2.79. The Morgan fingerprint density at radius 3 is 2.70 bits per heavy atom. The van der Waals surface area contributed by atoms with Crippen molar-refractivity contribution in [1.29, 1.82) is 0 Å². The number of hydroxylamine groups is 1. The van der Waals surface area contributed by atoms with Crippen LogP contribution in [0.15, 0.2) is 42.5 Å². The average molecular weight is 408 g/mol. The number of carbonyl (C=O) groups excluding carboxylic acids is 1. The summed E-state index contributed by atoms with van der Waals surface area (Å²) in [5.41, 5.74) is 3.87. The highest BCUT2D eigenvalue weighted by molar-refractivity contribution is 5.95. The van der Waals surface area contributed by atoms with Gasteiger partial charge in [-0.3, -0.25) is 9.63 Å². The molecule has 0 aliphatic carbocycles. The molecular formula is C24H29N3O3. The Balaban J connectivity index is 1.58. The molecule has 1 N–H and O–H groups in total. The third kappa shape index (κ3) is 2.89. The minimum Gasteiger partial charge on any atom is -0.493 e. The lowest BCUT2D eigenvalue weighted by atomic mass is 9.65. The van der Waals surface area contributed by atoms with Crippen LogP contribution in [-0.2, 0) is 10.3 Å². The summed E-state index contributed by atoms with van der Waals surface area (Å²) >= 11 is 0. The number of ether oxygens (including phenoxy) is 1. The van der Waals surface area contributed by atoms with E-state index in [9.17, 15) is 4.79 Å². The molecule has 2 aromatic rings. The molecule has 30 heavy (non-hydrogen) atoms. The van der Waals surface area contributed by atoms with Crippen LogP contribution in [-0.4, -0.2) is 50.7 Å². The van der Waals surface area contributed by atoms with Crippen molar-refractivity contribution in [3.8, 4) is 5.75 Å². The number of hydrogen-bond acceptors (Lipinski definition) is 5. The van der Waals surface area contributed by atoms with E-state index in [0.717, 1.165) is 54.3 Å². The van der Waals surface area contributed by atoms with E-state index in [4.69, 9.17) is 9.57 Å². The van der Waals surface area contributed by atoms with Crippen molar-refractivity contribution in [2.45, 2.75) is 25.3 Å². The first-order valence-corrected chi connectivity index (χ1v) is 10.7. The minimum absolute atomic E-state index is 0.0668. The Morgan fingerprint density at radius 2 is 1.93 bits per heavy atom. The fourth-order valence-corrected chi connectivity index (χ4v) is 5.23. The summed E-state index contributed by atoms with van der Waals surface area (Å²) < 4.78 is 6.14. The lowest BCUT2D eigenvalue weighted by Gasteiger charge is -2.52. The molecule has 2 atom stereocenters. The summed E-state index contributed by atoms with van der Waals surface area (Å²) in [7, 11) is 1.72. The lowest BCUT2D eigenvalue weighted by Crippen LogP contribution is -2.51. The largest absolute Gasteiger partial charge is 0.493 e. The number of piperazine rings is 1. The lowest BCUT2D eigenvalue weighted by molar-refractivity contribution is 0.0440. The van der Waals surface area contributed by atoms with Gasteiger partial charge in [-0.05, 0) is 29.8 Å². The summed E-state index contributed by atoms with van der Waals surface area (Å²) in [6.45, 7) is 8.32. The molecule has 2 aromatic carbocycles. The van der Waals surface area contributed by atoms with Crippen LogP contribution in [0.25, 0.3) is 0 Å². The van der Waals surface area contributed by atoms with Gasteiger partial charge in [-0.25, -0.2) is 5.06 Å². The summed E-state index contributed by atoms with van der Waals surface area (Å²) in [5.74, 6) is 1.22. The Morgan fingerprint density at radius 1 is 1.17 bits per heavy atom. The molecule has 3 heterocycles. The molecule has 1 fully saturated rings. The normalized spacial score (nSPS) is 24.4. The van der Waals surface area contributed by atoms with Crippen molar-refractivity contribution in [3.63, 3.8) is 0 Å². The van der Waals surface area contributed by atoms with E-state index >= 15 is 0 Å². The summed E-state index contributed by atoms with van der Waals surface area (Å²) in [6.07, 6.45) is 0. The van der Waals surface area contributed by atoms with Crippen LogP contribution in [0.5, 0.6) is 5.75 Å². The van der Waals surface area contributed by atoms with Crippen molar-refractivity contribution in [2.75, 3.05) is 45.0 Å². The maximum Gasteiger partial charge on any atom is 0.253 e. The Bertz CT molecular complexity index is 968. The molecule has 3 aliphatic rings. The zero-order valence-corrected chi connectivity index (χ0v) is 17.9. The fraction of sp³-hybridized carbons (Fsp3) is 0.458. The number of anilines is 1. The zero-order chi connectivity index (χ0) is 20.9. The first-order valence-electron chi connectivity index (χ1n) is 10.7. The van der Waals surface area contributed by atoms with Crippen LogP contribution < -0.4 is 15.1 Å². The second kappa shape index (κ2) is 7.29. The van der Waals surface area contributed by atoms with Gasteiger partial charge >= 0.3 is 0 Å². The van der Waals surface area contributed by atoms with Crippen molar-refractivity contribution >= 4 is 11.6 Å². The molecule has 158 valence electrons. The quantitative estimate of drug-likeness (QED) is 0.829. The highest BCUT2D eigenvalue weighted by Gasteiger charge is 2.50. The van der Waals surface area contributed by atoms with Crippen LogP contribution in [0, 0.1) is 5.92 Å². The molecule has 3 aliphatic heterocycles. The predicted octanol–water partition coefficient (Wildman–Crippen LogP) is 3.14. The third-order valence-electron chi connectivity index (χ3n) is 6.99. The van der Waals surface area contributed by atoms with Gasteiger partial charge in [0, 0.05) is 48.6 Å². The number of nitrogens with one attached hydrogen (secondary N) is 1. The molecule has 1 saturated heterocycles. The molecule has 0 bridgehead atoms. The molecule has 0 unspecified atom stereocenters. The van der Waals surface area contributed by atoms with E-state index in [-0.39, 0.29) is 23.3 Å². The van der Waals surface area contributed by atoms with Crippen LogP contribution in [0.1, 0.15) is 41.4 Å². The third-order valence-corrected chi connectivity index (χ3v) is 6.99. The molecular weight excluding hydrogens is 378 g/mol. The monoisotopic (exact) mass is 407 g/mol. The Kier molecular flexibility index (Phi) is 4.71. The summed E-state index contributed by atoms with van der Waals surface area (Å²) in [5, 5.41) is 5.31. The Hall–Kier alpha value is -2.57. The highest BCUT2D eigenvalue weighted by atomic mass is 16.7. The summed E-state index contributed by atoms with van der Waals surface area (Å²) in [6, 6.07) is 14.3. The van der Waals surface area contributed by atoms with Crippen LogP contribution in [0.2, 0.25) is 0 Å². The van der Waals surface area contributed by atoms with Gasteiger partial charge in [0.15, 0.2) is 0 Å². The topological polar surface area (TPSA) is 54.0 Å². The number of fused-ring (bicyclic) bond motifs is 4. The standard InChI is InChI=1S/C24H29N3O3/c1-24(2)18-14-16(23(28)26-12-10-25-11-13-26)8-9-20(18)27(29-3)22-17-6-4-5-7-21(17)30-15-19(22)24/h4-9,14,19,22,25H,10-13,15H2,1-3H3/t19-,22+/m0/s1. The number of amides is 1. The SMILES string of the molecule is CON1c2ccc(C(=O)N3CCNCC3)cc2C(C)(C)[C@H]2COc3ccccc3[C@H]21. The number of rotatable bonds is 2.